The van der Waals surface area contributed by atoms with Gasteiger partial charge in [-0.1, -0.05) is 17.7 Å². The molecule has 0 heterocycles. The summed E-state index contributed by atoms with van der Waals surface area (Å²) in [5.74, 6) is 0. The zero-order chi connectivity index (χ0) is 14.1. The first kappa shape index (κ1) is 15.6. The first-order chi connectivity index (χ1) is 9.15. The standard InChI is InChI=1S/C13H17ClN2O3/c1-2-3-7-19-8-6-15-10-11-4-5-12(16(17)18)9-13(11)14/h2,4-5,9,15H,1,3,6-8,10H2. The molecule has 0 radical (unpaired) electrons. The molecule has 0 saturated carbocycles. The average molecular weight is 285 g/mol. The van der Waals surface area contributed by atoms with Gasteiger partial charge >= 0.3 is 0 Å². The van der Waals surface area contributed by atoms with Crippen molar-refractivity contribution < 1.29 is 9.66 Å². The summed E-state index contributed by atoms with van der Waals surface area (Å²) in [6.07, 6.45) is 2.65. The summed E-state index contributed by atoms with van der Waals surface area (Å²) in [6, 6.07) is 4.47. The van der Waals surface area contributed by atoms with Gasteiger partial charge in [0.25, 0.3) is 5.69 Å². The van der Waals surface area contributed by atoms with Crippen LogP contribution in [0.3, 0.4) is 0 Å². The van der Waals surface area contributed by atoms with E-state index in [0.29, 0.717) is 31.3 Å². The van der Waals surface area contributed by atoms with Crippen LogP contribution in [0.2, 0.25) is 5.02 Å². The Hall–Kier alpha value is -1.43. The van der Waals surface area contributed by atoms with E-state index in [0.717, 1.165) is 12.0 Å². The first-order valence-electron chi connectivity index (χ1n) is 5.97. The van der Waals surface area contributed by atoms with Gasteiger partial charge in [0.05, 0.1) is 23.2 Å². The quantitative estimate of drug-likeness (QED) is 0.328. The van der Waals surface area contributed by atoms with Crippen LogP contribution in [0.4, 0.5) is 5.69 Å². The molecule has 1 N–H and O–H groups in total. The molecule has 1 rings (SSSR count). The lowest BCUT2D eigenvalue weighted by atomic mass is 10.2. The molecule has 0 fully saturated rings. The number of rotatable bonds is 9. The van der Waals surface area contributed by atoms with Gasteiger partial charge in [0.15, 0.2) is 0 Å². The highest BCUT2D eigenvalue weighted by Crippen LogP contribution is 2.22. The molecule has 0 spiro atoms. The number of nitro benzene ring substituents is 1. The van der Waals surface area contributed by atoms with Crippen LogP contribution in [0.15, 0.2) is 30.9 Å². The third-order valence-electron chi connectivity index (χ3n) is 2.45. The third kappa shape index (κ3) is 5.83. The van der Waals surface area contributed by atoms with E-state index in [1.54, 1.807) is 6.07 Å². The van der Waals surface area contributed by atoms with Crippen molar-refractivity contribution in [3.05, 3.63) is 51.6 Å². The fourth-order valence-electron chi connectivity index (χ4n) is 1.43. The van der Waals surface area contributed by atoms with Crippen molar-refractivity contribution in [1.82, 2.24) is 5.32 Å². The van der Waals surface area contributed by atoms with Crippen LogP contribution in [-0.2, 0) is 11.3 Å². The van der Waals surface area contributed by atoms with Crippen LogP contribution < -0.4 is 5.32 Å². The van der Waals surface area contributed by atoms with Crippen molar-refractivity contribution in [3.63, 3.8) is 0 Å². The first-order valence-corrected chi connectivity index (χ1v) is 6.35. The molecule has 0 aliphatic rings. The SMILES string of the molecule is C=CCCOCCNCc1ccc([N+](=O)[O-])cc1Cl. The van der Waals surface area contributed by atoms with Gasteiger partial charge in [-0.3, -0.25) is 10.1 Å². The van der Waals surface area contributed by atoms with Gasteiger partial charge < -0.3 is 10.1 Å². The Bertz CT molecular complexity index is 438. The molecular formula is C13H17ClN2O3. The number of benzene rings is 1. The lowest BCUT2D eigenvalue weighted by Crippen LogP contribution is -2.19. The van der Waals surface area contributed by atoms with Crippen molar-refractivity contribution >= 4 is 17.3 Å². The average Bonchev–Trinajstić information content (AvgIpc) is 2.39. The van der Waals surface area contributed by atoms with Crippen LogP contribution in [0.25, 0.3) is 0 Å². The lowest BCUT2D eigenvalue weighted by molar-refractivity contribution is -0.384. The van der Waals surface area contributed by atoms with Crippen molar-refractivity contribution in [1.29, 1.82) is 0 Å². The minimum Gasteiger partial charge on any atom is -0.380 e. The molecule has 0 saturated heterocycles. The van der Waals surface area contributed by atoms with E-state index >= 15 is 0 Å². The van der Waals surface area contributed by atoms with E-state index < -0.39 is 4.92 Å². The molecule has 104 valence electrons. The second-order valence-corrected chi connectivity index (χ2v) is 4.31. The summed E-state index contributed by atoms with van der Waals surface area (Å²) in [6.45, 7) is 6.14. The smallest absolute Gasteiger partial charge is 0.270 e. The molecule has 1 aromatic carbocycles. The molecule has 0 aromatic heterocycles. The van der Waals surface area contributed by atoms with E-state index in [1.165, 1.54) is 12.1 Å². The summed E-state index contributed by atoms with van der Waals surface area (Å²) in [5.41, 5.74) is 0.833. The number of nitro groups is 1. The molecule has 6 heteroatoms. The van der Waals surface area contributed by atoms with Gasteiger partial charge in [-0.15, -0.1) is 6.58 Å². The van der Waals surface area contributed by atoms with Crippen LogP contribution in [0.5, 0.6) is 0 Å². The summed E-state index contributed by atoms with van der Waals surface area (Å²) < 4.78 is 5.34. The number of ether oxygens (including phenoxy) is 1. The molecule has 0 aliphatic carbocycles. The number of nitrogens with zero attached hydrogens (tertiary/aromatic N) is 1. The molecule has 0 atom stereocenters. The van der Waals surface area contributed by atoms with E-state index in [-0.39, 0.29) is 5.69 Å². The maximum absolute atomic E-state index is 10.6. The maximum Gasteiger partial charge on any atom is 0.270 e. The number of hydrogen-bond acceptors (Lipinski definition) is 4. The number of nitrogens with one attached hydrogen (secondary N) is 1. The van der Waals surface area contributed by atoms with Gasteiger partial charge in [0.1, 0.15) is 0 Å². The molecule has 0 amide bonds. The number of non-ortho nitro benzene ring substituents is 1. The highest BCUT2D eigenvalue weighted by atomic mass is 35.5. The Morgan fingerprint density at radius 1 is 1.47 bits per heavy atom. The lowest BCUT2D eigenvalue weighted by Gasteiger charge is -2.07. The minimum atomic E-state index is -0.462. The number of halogens is 1. The zero-order valence-corrected chi connectivity index (χ0v) is 11.4. The minimum absolute atomic E-state index is 0.00140. The Morgan fingerprint density at radius 2 is 2.26 bits per heavy atom. The summed E-state index contributed by atoms with van der Waals surface area (Å²) in [4.78, 5) is 10.1. The van der Waals surface area contributed by atoms with Crippen molar-refractivity contribution in [2.75, 3.05) is 19.8 Å². The van der Waals surface area contributed by atoms with Gasteiger partial charge in [-0.2, -0.15) is 0 Å². The Labute approximate surface area is 117 Å². The van der Waals surface area contributed by atoms with Gasteiger partial charge in [-0.25, -0.2) is 0 Å². The van der Waals surface area contributed by atoms with Crippen molar-refractivity contribution in [2.45, 2.75) is 13.0 Å². The maximum atomic E-state index is 10.6. The molecular weight excluding hydrogens is 268 g/mol. The van der Waals surface area contributed by atoms with Crippen molar-refractivity contribution in [2.24, 2.45) is 0 Å². The summed E-state index contributed by atoms with van der Waals surface area (Å²) in [5, 5.41) is 14.1. The second-order valence-electron chi connectivity index (χ2n) is 3.90. The van der Waals surface area contributed by atoms with Crippen LogP contribution >= 0.6 is 11.6 Å². The van der Waals surface area contributed by atoms with E-state index in [9.17, 15) is 10.1 Å². The number of hydrogen-bond donors (Lipinski definition) is 1. The topological polar surface area (TPSA) is 64.4 Å². The molecule has 0 aliphatic heterocycles. The van der Waals surface area contributed by atoms with E-state index in [2.05, 4.69) is 11.9 Å². The Morgan fingerprint density at radius 3 is 2.89 bits per heavy atom. The van der Waals surface area contributed by atoms with Crippen LogP contribution in [0.1, 0.15) is 12.0 Å². The fraction of sp³-hybridized carbons (Fsp3) is 0.385. The monoisotopic (exact) mass is 284 g/mol. The summed E-state index contributed by atoms with van der Waals surface area (Å²) in [7, 11) is 0. The van der Waals surface area contributed by atoms with E-state index in [4.69, 9.17) is 16.3 Å². The van der Waals surface area contributed by atoms with Crippen LogP contribution in [-0.4, -0.2) is 24.7 Å². The Kier molecular flexibility index (Phi) is 7.10. The van der Waals surface area contributed by atoms with E-state index in [1.807, 2.05) is 6.08 Å². The molecule has 19 heavy (non-hydrogen) atoms. The normalized spacial score (nSPS) is 10.4. The molecule has 1 aromatic rings. The zero-order valence-electron chi connectivity index (χ0n) is 10.6. The van der Waals surface area contributed by atoms with Gasteiger partial charge in [-0.05, 0) is 18.1 Å². The largest absolute Gasteiger partial charge is 0.380 e. The highest BCUT2D eigenvalue weighted by Gasteiger charge is 2.08. The summed E-state index contributed by atoms with van der Waals surface area (Å²) >= 11 is 5.97. The highest BCUT2D eigenvalue weighted by molar-refractivity contribution is 6.31. The third-order valence-corrected chi connectivity index (χ3v) is 2.80. The predicted molar refractivity (Wildman–Crippen MR) is 75.4 cm³/mol. The van der Waals surface area contributed by atoms with Gasteiger partial charge in [0, 0.05) is 25.2 Å². The van der Waals surface area contributed by atoms with Crippen molar-refractivity contribution in [3.8, 4) is 0 Å². The molecule has 0 bridgehead atoms. The van der Waals surface area contributed by atoms with Gasteiger partial charge in [0.2, 0.25) is 0 Å². The fourth-order valence-corrected chi connectivity index (χ4v) is 1.67. The predicted octanol–water partition coefficient (Wildman–Crippen LogP) is 2.93. The molecule has 5 nitrogen and oxygen atoms in total. The second kappa shape index (κ2) is 8.63. The Balaban J connectivity index is 2.29. The molecule has 0 unspecified atom stereocenters. The van der Waals surface area contributed by atoms with Crippen LogP contribution in [0, 0.1) is 10.1 Å².